The van der Waals surface area contributed by atoms with E-state index in [1.54, 1.807) is 12.2 Å². The molecule has 1 aliphatic carbocycles. The van der Waals surface area contributed by atoms with Gasteiger partial charge in [-0.15, -0.1) is 0 Å². The van der Waals surface area contributed by atoms with Gasteiger partial charge >= 0.3 is 7.82 Å². The van der Waals surface area contributed by atoms with Gasteiger partial charge in [-0.3, -0.25) is 18.6 Å². The number of likely N-dealkylation sites (N-methyl/N-ethyl adjacent to an activating group) is 1. The van der Waals surface area contributed by atoms with Crippen LogP contribution in [0.15, 0.2) is 36.5 Å². The van der Waals surface area contributed by atoms with Gasteiger partial charge in [0.05, 0.1) is 52.1 Å². The molecule has 0 aromatic carbocycles. The van der Waals surface area contributed by atoms with Crippen LogP contribution in [-0.2, 0) is 23.2 Å². The predicted octanol–water partition coefficient (Wildman–Crippen LogP) is 7.33. The predicted molar refractivity (Wildman–Crippen MR) is 213 cm³/mol. The van der Waals surface area contributed by atoms with Gasteiger partial charge in [-0.25, -0.2) is 4.57 Å². The summed E-state index contributed by atoms with van der Waals surface area (Å²) in [6.07, 6.45) is 25.4. The maximum Gasteiger partial charge on any atom is 0.472 e. The standard InChI is InChI=1S/C41H75N2O9P/c1-6-8-10-11-12-13-14-15-16-17-22-26-38(45)37(33-52-53(49,50)51-31-30-43(3,4)5)42-41(48)27-23-19-18-21-25-35-36(40(47)32-39(35)46)29-28-34(44)24-20-9-7-2/h14-15,22,26,28-29,34-38,40,44-45,47H,6-13,16-21,23-25,27,30-33H2,1-5H3,(H-,42,48,49,50)/p+1/b15-14-,26-22+,29-28+/t34-,35+,36+,37-,38+,40+/m0/s1. The number of ketones is 1. The molecule has 0 bridgehead atoms. The number of hydrogen-bond donors (Lipinski definition) is 5. The maximum absolute atomic E-state index is 12.9. The number of aliphatic hydroxyl groups excluding tert-OH is 3. The molecule has 0 aromatic heterocycles. The van der Waals surface area contributed by atoms with E-state index in [0.29, 0.717) is 36.7 Å². The lowest BCUT2D eigenvalue weighted by Gasteiger charge is -2.25. The Morgan fingerprint density at radius 1 is 0.887 bits per heavy atom. The third kappa shape index (κ3) is 25.2. The number of rotatable bonds is 32. The van der Waals surface area contributed by atoms with Crippen LogP contribution in [0.1, 0.15) is 136 Å². The molecule has 0 spiro atoms. The smallest absolute Gasteiger partial charge is 0.392 e. The Morgan fingerprint density at radius 3 is 2.25 bits per heavy atom. The van der Waals surface area contributed by atoms with Crippen molar-refractivity contribution < 1.29 is 47.9 Å². The van der Waals surface area contributed by atoms with Crippen molar-refractivity contribution in [3.8, 4) is 0 Å². The molecule has 53 heavy (non-hydrogen) atoms. The number of amides is 1. The quantitative estimate of drug-likeness (QED) is 0.0204. The van der Waals surface area contributed by atoms with Gasteiger partial charge in [0.1, 0.15) is 18.9 Å². The van der Waals surface area contributed by atoms with Crippen LogP contribution in [-0.4, -0.2) is 102 Å². The first kappa shape index (κ1) is 49.3. The molecule has 0 heterocycles. The Balaban J connectivity index is 2.60. The summed E-state index contributed by atoms with van der Waals surface area (Å²) in [5, 5.41) is 34.4. The number of carbonyl (C=O) groups is 2. The summed E-state index contributed by atoms with van der Waals surface area (Å²) in [6, 6.07) is -0.949. The zero-order valence-electron chi connectivity index (χ0n) is 33.7. The summed E-state index contributed by atoms with van der Waals surface area (Å²) >= 11 is 0. The number of hydrogen-bond acceptors (Lipinski definition) is 8. The van der Waals surface area contributed by atoms with Crippen molar-refractivity contribution in [3.63, 3.8) is 0 Å². The molecule has 0 aliphatic heterocycles. The van der Waals surface area contributed by atoms with Crippen LogP contribution in [0.3, 0.4) is 0 Å². The number of Topliss-reactive ketones (excluding diaryl/α,β-unsaturated/α-hetero) is 1. The largest absolute Gasteiger partial charge is 0.472 e. The van der Waals surface area contributed by atoms with E-state index < -0.39 is 38.8 Å². The monoisotopic (exact) mass is 772 g/mol. The lowest BCUT2D eigenvalue weighted by atomic mass is 9.88. The summed E-state index contributed by atoms with van der Waals surface area (Å²) in [5.41, 5.74) is 0. The lowest BCUT2D eigenvalue weighted by molar-refractivity contribution is -0.870. The highest BCUT2D eigenvalue weighted by atomic mass is 31.2. The van der Waals surface area contributed by atoms with E-state index >= 15 is 0 Å². The van der Waals surface area contributed by atoms with Gasteiger partial charge in [0.2, 0.25) is 5.91 Å². The minimum atomic E-state index is -4.41. The fraction of sp³-hybridized carbons (Fsp3) is 0.805. The van der Waals surface area contributed by atoms with Crippen LogP contribution in [0.4, 0.5) is 0 Å². The number of unbranched alkanes of at least 4 members (excludes halogenated alkanes) is 11. The average molecular weight is 772 g/mol. The van der Waals surface area contributed by atoms with Crippen molar-refractivity contribution in [2.24, 2.45) is 11.8 Å². The first-order valence-corrected chi connectivity index (χ1v) is 22.0. The van der Waals surface area contributed by atoms with Gasteiger partial charge in [0.15, 0.2) is 0 Å². The van der Waals surface area contributed by atoms with E-state index in [1.165, 1.54) is 32.1 Å². The SMILES string of the molecule is CCCCCCC/C=C\CC/C=C/[C@@H](O)[C@H](COP(=O)(O)OCC[N+](C)(C)C)NC(=O)CCCCCC[C@H]1C(=O)C[C@@H](O)[C@@H]1/C=C/[C@@H](O)CCCCC. The highest BCUT2D eigenvalue weighted by Crippen LogP contribution is 2.43. The first-order valence-electron chi connectivity index (χ1n) is 20.5. The highest BCUT2D eigenvalue weighted by Gasteiger charge is 2.39. The van der Waals surface area contributed by atoms with E-state index in [0.717, 1.165) is 51.4 Å². The molecular weight excluding hydrogens is 695 g/mol. The maximum atomic E-state index is 12.9. The molecule has 12 heteroatoms. The Kier molecular flexibility index (Phi) is 26.7. The van der Waals surface area contributed by atoms with E-state index in [2.05, 4.69) is 31.3 Å². The minimum Gasteiger partial charge on any atom is -0.392 e. The number of phosphoric ester groups is 1. The molecule has 0 radical (unpaired) electrons. The average Bonchev–Trinajstić information content (AvgIpc) is 3.36. The molecule has 1 unspecified atom stereocenters. The Labute approximate surface area is 321 Å². The molecule has 308 valence electrons. The van der Waals surface area contributed by atoms with Crippen molar-refractivity contribution in [3.05, 3.63) is 36.5 Å². The molecule has 5 N–H and O–H groups in total. The summed E-state index contributed by atoms with van der Waals surface area (Å²) in [6.45, 7) is 4.42. The van der Waals surface area contributed by atoms with E-state index in [-0.39, 0.29) is 43.0 Å². The van der Waals surface area contributed by atoms with Gasteiger partial charge in [0.25, 0.3) is 0 Å². The van der Waals surface area contributed by atoms with Crippen LogP contribution in [0.5, 0.6) is 0 Å². The van der Waals surface area contributed by atoms with Crippen LogP contribution in [0.25, 0.3) is 0 Å². The number of carbonyl (C=O) groups excluding carboxylic acids is 2. The van der Waals surface area contributed by atoms with Crippen LogP contribution < -0.4 is 5.32 Å². The van der Waals surface area contributed by atoms with Crippen molar-refractivity contribution >= 4 is 19.5 Å². The zero-order valence-corrected chi connectivity index (χ0v) is 34.6. The highest BCUT2D eigenvalue weighted by molar-refractivity contribution is 7.47. The number of nitrogens with zero attached hydrogens (tertiary/aromatic N) is 1. The summed E-state index contributed by atoms with van der Waals surface area (Å²) < 4.78 is 23.4. The molecule has 7 atom stereocenters. The molecule has 1 saturated carbocycles. The van der Waals surface area contributed by atoms with E-state index in [1.807, 2.05) is 33.3 Å². The van der Waals surface area contributed by atoms with Gasteiger partial charge in [0, 0.05) is 24.7 Å². The lowest BCUT2D eigenvalue weighted by Crippen LogP contribution is -2.45. The number of nitrogens with one attached hydrogen (secondary N) is 1. The molecule has 1 fully saturated rings. The molecule has 0 saturated heterocycles. The van der Waals surface area contributed by atoms with Crippen molar-refractivity contribution in [1.82, 2.24) is 5.32 Å². The molecular formula is C41H76N2O9P+. The molecule has 11 nitrogen and oxygen atoms in total. The topological polar surface area (TPSA) is 163 Å². The number of allylic oxidation sites excluding steroid dienone is 3. The van der Waals surface area contributed by atoms with Gasteiger partial charge < -0.3 is 30.0 Å². The van der Waals surface area contributed by atoms with Crippen LogP contribution >= 0.6 is 7.82 Å². The molecule has 0 aromatic rings. The van der Waals surface area contributed by atoms with Crippen molar-refractivity contribution in [2.75, 3.05) is 40.9 Å². The number of quaternary nitrogens is 1. The fourth-order valence-corrected chi connectivity index (χ4v) is 7.10. The van der Waals surface area contributed by atoms with Crippen LogP contribution in [0, 0.1) is 11.8 Å². The number of phosphoric acid groups is 1. The fourth-order valence-electron chi connectivity index (χ4n) is 6.36. The first-order chi connectivity index (χ1) is 25.2. The van der Waals surface area contributed by atoms with Crippen LogP contribution in [0.2, 0.25) is 0 Å². The van der Waals surface area contributed by atoms with E-state index in [4.69, 9.17) is 9.05 Å². The molecule has 1 aliphatic rings. The Bertz CT molecular complexity index is 1120. The zero-order chi connectivity index (χ0) is 39.5. The normalized spacial score (nSPS) is 21.2. The third-order valence-corrected chi connectivity index (χ3v) is 10.7. The second-order valence-corrected chi connectivity index (χ2v) is 17.2. The summed E-state index contributed by atoms with van der Waals surface area (Å²) in [7, 11) is 1.40. The summed E-state index contributed by atoms with van der Waals surface area (Å²) in [5.74, 6) is -0.794. The second-order valence-electron chi connectivity index (χ2n) is 15.8. The molecule has 1 rings (SSSR count). The number of aliphatic hydroxyl groups is 3. The summed E-state index contributed by atoms with van der Waals surface area (Å²) in [4.78, 5) is 35.8. The van der Waals surface area contributed by atoms with Crippen molar-refractivity contribution in [1.29, 1.82) is 0 Å². The Morgan fingerprint density at radius 2 is 1.53 bits per heavy atom. The van der Waals surface area contributed by atoms with E-state index in [9.17, 15) is 34.4 Å². The Hall–Kier alpha value is -1.69. The minimum absolute atomic E-state index is 0.0120. The van der Waals surface area contributed by atoms with Gasteiger partial charge in [-0.05, 0) is 44.9 Å². The third-order valence-electron chi connectivity index (χ3n) is 9.73. The molecule has 1 amide bonds. The van der Waals surface area contributed by atoms with Gasteiger partial charge in [-0.1, -0.05) is 115 Å². The van der Waals surface area contributed by atoms with Crippen molar-refractivity contribution in [2.45, 2.75) is 160 Å². The second kappa shape index (κ2) is 28.7. The van der Waals surface area contributed by atoms with Gasteiger partial charge in [-0.2, -0.15) is 0 Å².